The molecule has 142 valence electrons. The lowest BCUT2D eigenvalue weighted by Crippen LogP contribution is -2.36. The maximum atomic E-state index is 12.2. The fourth-order valence-corrected chi connectivity index (χ4v) is 2.80. The second kappa shape index (κ2) is 9.05. The molecule has 7 nitrogen and oxygen atoms in total. The highest BCUT2D eigenvalue weighted by Crippen LogP contribution is 2.27. The zero-order chi connectivity index (χ0) is 19.1. The summed E-state index contributed by atoms with van der Waals surface area (Å²) in [5, 5.41) is 4.03. The Kier molecular flexibility index (Phi) is 6.27. The Morgan fingerprint density at radius 3 is 2.44 bits per heavy atom. The average molecular weight is 369 g/mol. The van der Waals surface area contributed by atoms with E-state index >= 15 is 0 Å². The van der Waals surface area contributed by atoms with Crippen LogP contribution >= 0.6 is 0 Å². The first-order valence-electron chi connectivity index (χ1n) is 8.69. The number of hydrogen-bond acceptors (Lipinski definition) is 6. The van der Waals surface area contributed by atoms with Crippen LogP contribution in [0.5, 0.6) is 11.5 Å². The van der Waals surface area contributed by atoms with Gasteiger partial charge >= 0.3 is 0 Å². The second-order valence-electron chi connectivity index (χ2n) is 5.96. The van der Waals surface area contributed by atoms with Crippen molar-refractivity contribution in [1.29, 1.82) is 0 Å². The van der Waals surface area contributed by atoms with Crippen molar-refractivity contribution >= 4 is 17.8 Å². The van der Waals surface area contributed by atoms with Crippen LogP contribution in [-0.2, 0) is 4.74 Å². The van der Waals surface area contributed by atoms with E-state index in [9.17, 15) is 4.79 Å². The molecule has 0 bridgehead atoms. The lowest BCUT2D eigenvalue weighted by Gasteiger charge is -2.28. The standard InChI is InChI=1S/C20H23N3O4/c1-25-18-8-5-16(13-19(18)26-2)20(24)22-21-14-15-3-6-17(7-4-15)23-9-11-27-12-10-23/h3-8,13-14H,9-12H2,1-2H3,(H,22,24)/b21-14-. The Morgan fingerprint density at radius 1 is 1.07 bits per heavy atom. The third-order valence-corrected chi connectivity index (χ3v) is 4.29. The topological polar surface area (TPSA) is 72.4 Å². The van der Waals surface area contributed by atoms with Gasteiger partial charge in [0.2, 0.25) is 0 Å². The number of carbonyl (C=O) groups is 1. The largest absolute Gasteiger partial charge is 0.493 e. The Morgan fingerprint density at radius 2 is 1.78 bits per heavy atom. The minimum atomic E-state index is -0.322. The number of nitrogens with zero attached hydrogens (tertiary/aromatic N) is 2. The Hall–Kier alpha value is -3.06. The van der Waals surface area contributed by atoms with E-state index in [0.717, 1.165) is 37.6 Å². The van der Waals surface area contributed by atoms with Crippen LogP contribution < -0.4 is 19.8 Å². The van der Waals surface area contributed by atoms with Gasteiger partial charge in [0.1, 0.15) is 0 Å². The summed E-state index contributed by atoms with van der Waals surface area (Å²) in [6.45, 7) is 3.31. The predicted octanol–water partition coefficient (Wildman–Crippen LogP) is 2.30. The van der Waals surface area contributed by atoms with E-state index in [0.29, 0.717) is 17.1 Å². The minimum absolute atomic E-state index is 0.322. The number of benzene rings is 2. The van der Waals surface area contributed by atoms with Crippen molar-refractivity contribution < 1.29 is 19.0 Å². The molecule has 1 saturated heterocycles. The molecule has 0 atom stereocenters. The van der Waals surface area contributed by atoms with E-state index in [1.54, 1.807) is 31.5 Å². The normalized spacial score (nSPS) is 14.2. The zero-order valence-electron chi connectivity index (χ0n) is 15.5. The fourth-order valence-electron chi connectivity index (χ4n) is 2.80. The second-order valence-corrected chi connectivity index (χ2v) is 5.96. The molecule has 0 spiro atoms. The maximum Gasteiger partial charge on any atom is 0.271 e. The van der Waals surface area contributed by atoms with Gasteiger partial charge in [-0.05, 0) is 35.9 Å². The lowest BCUT2D eigenvalue weighted by molar-refractivity contribution is 0.0954. The van der Waals surface area contributed by atoms with Crippen molar-refractivity contribution in [3.8, 4) is 11.5 Å². The van der Waals surface area contributed by atoms with E-state index in [2.05, 4.69) is 15.4 Å². The van der Waals surface area contributed by atoms with Gasteiger partial charge in [-0.25, -0.2) is 5.43 Å². The molecule has 0 unspecified atom stereocenters. The molecule has 0 radical (unpaired) electrons. The lowest BCUT2D eigenvalue weighted by atomic mass is 10.2. The van der Waals surface area contributed by atoms with Gasteiger partial charge in [0.15, 0.2) is 11.5 Å². The summed E-state index contributed by atoms with van der Waals surface area (Å²) in [7, 11) is 3.07. The van der Waals surface area contributed by atoms with Crippen LogP contribution in [0, 0.1) is 0 Å². The fraction of sp³-hybridized carbons (Fsp3) is 0.300. The summed E-state index contributed by atoms with van der Waals surface area (Å²) in [6, 6.07) is 13.0. The van der Waals surface area contributed by atoms with E-state index in [1.807, 2.05) is 24.3 Å². The van der Waals surface area contributed by atoms with Crippen molar-refractivity contribution in [1.82, 2.24) is 5.43 Å². The highest BCUT2D eigenvalue weighted by molar-refractivity contribution is 5.95. The molecule has 0 aromatic heterocycles. The average Bonchev–Trinajstić information content (AvgIpc) is 2.74. The molecule has 1 aliphatic heterocycles. The number of methoxy groups -OCH3 is 2. The molecule has 7 heteroatoms. The van der Waals surface area contributed by atoms with Crippen LogP contribution in [0.4, 0.5) is 5.69 Å². The number of nitrogens with one attached hydrogen (secondary N) is 1. The molecule has 1 fully saturated rings. The van der Waals surface area contributed by atoms with Crippen LogP contribution in [0.15, 0.2) is 47.6 Å². The number of ether oxygens (including phenoxy) is 3. The third-order valence-electron chi connectivity index (χ3n) is 4.29. The van der Waals surface area contributed by atoms with E-state index in [1.165, 1.54) is 7.11 Å². The highest BCUT2D eigenvalue weighted by atomic mass is 16.5. The summed E-state index contributed by atoms with van der Waals surface area (Å²) in [5.74, 6) is 0.739. The molecule has 3 rings (SSSR count). The highest BCUT2D eigenvalue weighted by Gasteiger charge is 2.11. The summed E-state index contributed by atoms with van der Waals surface area (Å²) in [6.07, 6.45) is 1.61. The number of carbonyl (C=O) groups excluding carboxylic acids is 1. The molecule has 1 amide bonds. The monoisotopic (exact) mass is 369 g/mol. The molecule has 2 aromatic rings. The maximum absolute atomic E-state index is 12.2. The van der Waals surface area contributed by atoms with Crippen molar-refractivity contribution in [3.63, 3.8) is 0 Å². The molecule has 2 aromatic carbocycles. The van der Waals surface area contributed by atoms with Crippen LogP contribution in [0.2, 0.25) is 0 Å². The van der Waals surface area contributed by atoms with Crippen LogP contribution in [0.3, 0.4) is 0 Å². The quantitative estimate of drug-likeness (QED) is 0.625. The number of rotatable bonds is 6. The smallest absolute Gasteiger partial charge is 0.271 e. The van der Waals surface area contributed by atoms with Crippen molar-refractivity contribution in [2.24, 2.45) is 5.10 Å². The van der Waals surface area contributed by atoms with E-state index in [-0.39, 0.29) is 5.91 Å². The first-order chi connectivity index (χ1) is 13.2. The zero-order valence-corrected chi connectivity index (χ0v) is 15.5. The first-order valence-corrected chi connectivity index (χ1v) is 8.69. The van der Waals surface area contributed by atoms with Crippen molar-refractivity contribution in [3.05, 3.63) is 53.6 Å². The van der Waals surface area contributed by atoms with Crippen LogP contribution in [-0.4, -0.2) is 52.6 Å². The molecule has 1 N–H and O–H groups in total. The van der Waals surface area contributed by atoms with Gasteiger partial charge in [0.25, 0.3) is 5.91 Å². The molecular formula is C20H23N3O4. The number of hydrogen-bond donors (Lipinski definition) is 1. The van der Waals surface area contributed by atoms with Gasteiger partial charge in [-0.2, -0.15) is 5.10 Å². The number of anilines is 1. The van der Waals surface area contributed by atoms with Gasteiger partial charge in [-0.3, -0.25) is 4.79 Å². The Bertz CT molecular complexity index is 799. The molecule has 0 saturated carbocycles. The SMILES string of the molecule is COc1ccc(C(=O)N/N=C\c2ccc(N3CCOCC3)cc2)cc1OC. The van der Waals surface area contributed by atoms with Crippen LogP contribution in [0.25, 0.3) is 0 Å². The Labute approximate surface area is 158 Å². The predicted molar refractivity (Wildman–Crippen MR) is 104 cm³/mol. The summed E-state index contributed by atoms with van der Waals surface area (Å²) < 4.78 is 15.7. The number of hydrazone groups is 1. The summed E-state index contributed by atoms with van der Waals surface area (Å²) in [5.41, 5.74) is 5.02. The minimum Gasteiger partial charge on any atom is -0.493 e. The Balaban J connectivity index is 1.59. The van der Waals surface area contributed by atoms with E-state index < -0.39 is 0 Å². The van der Waals surface area contributed by atoms with Gasteiger partial charge in [-0.1, -0.05) is 12.1 Å². The first kappa shape index (κ1) is 18.7. The van der Waals surface area contributed by atoms with Crippen molar-refractivity contribution in [2.45, 2.75) is 0 Å². The number of amides is 1. The van der Waals surface area contributed by atoms with Crippen molar-refractivity contribution in [2.75, 3.05) is 45.4 Å². The van der Waals surface area contributed by atoms with Gasteiger partial charge in [-0.15, -0.1) is 0 Å². The third kappa shape index (κ3) is 4.77. The molecule has 1 aliphatic rings. The van der Waals surface area contributed by atoms with Crippen LogP contribution in [0.1, 0.15) is 15.9 Å². The van der Waals surface area contributed by atoms with E-state index in [4.69, 9.17) is 14.2 Å². The number of morpholine rings is 1. The van der Waals surface area contributed by atoms with Gasteiger partial charge < -0.3 is 19.1 Å². The molecule has 0 aliphatic carbocycles. The van der Waals surface area contributed by atoms with Gasteiger partial charge in [0.05, 0.1) is 33.6 Å². The summed E-state index contributed by atoms with van der Waals surface area (Å²) >= 11 is 0. The molecule has 27 heavy (non-hydrogen) atoms. The molecular weight excluding hydrogens is 346 g/mol. The van der Waals surface area contributed by atoms with Gasteiger partial charge in [0, 0.05) is 24.3 Å². The summed E-state index contributed by atoms with van der Waals surface area (Å²) in [4.78, 5) is 14.5. The molecule has 1 heterocycles.